The van der Waals surface area contributed by atoms with Gasteiger partial charge in [-0.1, -0.05) is 24.3 Å². The van der Waals surface area contributed by atoms with E-state index in [2.05, 4.69) is 86.4 Å². The van der Waals surface area contributed by atoms with Crippen LogP contribution >= 0.6 is 0 Å². The quantitative estimate of drug-likeness (QED) is 0.263. The molecule has 3 N–H and O–H groups in total. The van der Waals surface area contributed by atoms with E-state index in [1.807, 2.05) is 26.0 Å². The highest BCUT2D eigenvalue weighted by Crippen LogP contribution is 2.45. The fourth-order valence-corrected chi connectivity index (χ4v) is 4.69. The van der Waals surface area contributed by atoms with Gasteiger partial charge < -0.3 is 10.1 Å². The molecule has 1 aliphatic rings. The van der Waals surface area contributed by atoms with E-state index < -0.39 is 0 Å². The van der Waals surface area contributed by atoms with Crippen molar-refractivity contribution >= 4 is 33.2 Å². The Morgan fingerprint density at radius 2 is 1.00 bits per heavy atom. The molecule has 1 aliphatic heterocycles. The lowest BCUT2D eigenvalue weighted by atomic mass is 10.0. The van der Waals surface area contributed by atoms with Crippen molar-refractivity contribution < 1.29 is 4.74 Å². The zero-order valence-electron chi connectivity index (χ0n) is 18.7. The molecule has 6 nitrogen and oxygen atoms in total. The van der Waals surface area contributed by atoms with Gasteiger partial charge in [-0.2, -0.15) is 10.2 Å². The van der Waals surface area contributed by atoms with Crippen LogP contribution in [0.3, 0.4) is 0 Å². The summed E-state index contributed by atoms with van der Waals surface area (Å²) in [7, 11) is 0. The first-order valence-corrected chi connectivity index (χ1v) is 11.3. The molecule has 0 bridgehead atoms. The number of hydrogen-bond donors (Lipinski definition) is 3. The van der Waals surface area contributed by atoms with E-state index in [1.165, 1.54) is 0 Å². The number of benzene rings is 4. The molecule has 0 fully saturated rings. The normalized spacial score (nSPS) is 12.3. The number of aromatic amines is 2. The van der Waals surface area contributed by atoms with E-state index in [0.29, 0.717) is 0 Å². The highest BCUT2D eigenvalue weighted by molar-refractivity contribution is 5.90. The number of fused-ring (bicyclic) bond motifs is 4. The van der Waals surface area contributed by atoms with Gasteiger partial charge in [0, 0.05) is 22.2 Å². The van der Waals surface area contributed by atoms with Crippen LogP contribution in [-0.2, 0) is 0 Å². The van der Waals surface area contributed by atoms with Gasteiger partial charge in [0.2, 0.25) is 0 Å². The molecule has 0 unspecified atom stereocenters. The molecular formula is C28H21N5O. The maximum Gasteiger partial charge on any atom is 0.151 e. The molecule has 6 heteroatoms. The number of nitrogens with one attached hydrogen (secondary N) is 3. The summed E-state index contributed by atoms with van der Waals surface area (Å²) >= 11 is 0. The summed E-state index contributed by atoms with van der Waals surface area (Å²) in [4.78, 5) is 0. The fraction of sp³-hybridized carbons (Fsp3) is 0.0714. The van der Waals surface area contributed by atoms with Crippen LogP contribution in [0, 0.1) is 13.8 Å². The van der Waals surface area contributed by atoms with Gasteiger partial charge in [-0.15, -0.1) is 0 Å². The van der Waals surface area contributed by atoms with Gasteiger partial charge in [-0.05, 0) is 84.6 Å². The van der Waals surface area contributed by atoms with E-state index in [-0.39, 0.29) is 0 Å². The number of hydrogen-bond acceptors (Lipinski definition) is 4. The zero-order chi connectivity index (χ0) is 22.8. The minimum absolute atomic E-state index is 0.819. The second-order valence-corrected chi connectivity index (χ2v) is 8.81. The molecule has 0 atom stereocenters. The third kappa shape index (κ3) is 2.89. The molecule has 3 heterocycles. The average Bonchev–Trinajstić information content (AvgIpc) is 3.43. The molecule has 4 aromatic carbocycles. The van der Waals surface area contributed by atoms with E-state index in [9.17, 15) is 0 Å². The van der Waals surface area contributed by atoms with Crippen LogP contribution in [0.2, 0.25) is 0 Å². The summed E-state index contributed by atoms with van der Waals surface area (Å²) in [6, 6.07) is 25.2. The number of aryl methyl sites for hydroxylation is 2. The molecule has 7 rings (SSSR count). The lowest BCUT2D eigenvalue weighted by Gasteiger charge is -2.23. The first kappa shape index (κ1) is 18.9. The van der Waals surface area contributed by atoms with Crippen molar-refractivity contribution in [3.63, 3.8) is 0 Å². The number of ether oxygens (including phenoxy) is 1. The number of nitrogens with zero attached hydrogens (tertiary/aromatic N) is 2. The summed E-state index contributed by atoms with van der Waals surface area (Å²) in [5.41, 5.74) is 10.5. The van der Waals surface area contributed by atoms with Gasteiger partial charge >= 0.3 is 0 Å². The first-order valence-electron chi connectivity index (χ1n) is 11.3. The van der Waals surface area contributed by atoms with Gasteiger partial charge in [0.05, 0.1) is 22.4 Å². The molecule has 0 amide bonds. The highest BCUT2D eigenvalue weighted by Gasteiger charge is 2.18. The minimum Gasteiger partial charge on any atom is -0.453 e. The zero-order valence-corrected chi connectivity index (χ0v) is 18.7. The van der Waals surface area contributed by atoms with Crippen LogP contribution in [0.1, 0.15) is 11.4 Å². The summed E-state index contributed by atoms with van der Waals surface area (Å²) in [5.74, 6) is 1.64. The maximum atomic E-state index is 6.22. The standard InChI is InChI=1S/C28H21N5O/c1-15-21-11-17(3-7-23(21)32-30-15)19-5-9-27-25(13-19)29-26-14-20(6-10-28(26)34-27)18-4-8-24-22(12-18)16(2)31-33-24/h3-14,29H,1-2H3,(H,30,32)(H,31,33). The number of H-pyrrole nitrogens is 2. The molecule has 34 heavy (non-hydrogen) atoms. The fourth-order valence-electron chi connectivity index (χ4n) is 4.69. The van der Waals surface area contributed by atoms with Crippen LogP contribution in [0.25, 0.3) is 44.1 Å². The van der Waals surface area contributed by atoms with E-state index >= 15 is 0 Å². The van der Waals surface area contributed by atoms with Gasteiger partial charge in [-0.25, -0.2) is 0 Å². The average molecular weight is 444 g/mol. The molecule has 0 spiro atoms. The summed E-state index contributed by atoms with van der Waals surface area (Å²) in [6.45, 7) is 4.09. The van der Waals surface area contributed by atoms with Crippen LogP contribution in [0.4, 0.5) is 11.4 Å². The number of anilines is 2. The topological polar surface area (TPSA) is 78.6 Å². The first-order chi connectivity index (χ1) is 16.6. The van der Waals surface area contributed by atoms with Crippen molar-refractivity contribution in [1.29, 1.82) is 0 Å². The largest absolute Gasteiger partial charge is 0.453 e. The third-order valence-electron chi connectivity index (χ3n) is 6.60. The Bertz CT molecular complexity index is 1620. The Kier molecular flexibility index (Phi) is 3.88. The van der Waals surface area contributed by atoms with Crippen molar-refractivity contribution in [3.8, 4) is 33.8 Å². The smallest absolute Gasteiger partial charge is 0.151 e. The Labute approximate surface area is 195 Å². The molecule has 0 saturated carbocycles. The Morgan fingerprint density at radius 3 is 1.50 bits per heavy atom. The van der Waals surface area contributed by atoms with Crippen molar-refractivity contribution in [2.24, 2.45) is 0 Å². The molecule has 6 aromatic rings. The van der Waals surface area contributed by atoms with Crippen molar-refractivity contribution in [1.82, 2.24) is 20.4 Å². The van der Waals surface area contributed by atoms with E-state index in [0.717, 1.165) is 78.3 Å². The Hall–Kier alpha value is -4.58. The SMILES string of the molecule is Cc1[nH]nc2ccc(-c3ccc4c(c3)Nc3cc(-c5ccc6n[nH]c(C)c6c5)ccc3O4)cc12. The number of aromatic nitrogens is 4. The summed E-state index contributed by atoms with van der Waals surface area (Å²) < 4.78 is 6.22. The monoisotopic (exact) mass is 443 g/mol. The van der Waals surface area contributed by atoms with E-state index in [4.69, 9.17) is 4.74 Å². The minimum atomic E-state index is 0.819. The molecule has 0 saturated heterocycles. The van der Waals surface area contributed by atoms with Gasteiger partial charge in [0.15, 0.2) is 11.5 Å². The molecular weight excluding hydrogens is 422 g/mol. The molecule has 2 aromatic heterocycles. The number of rotatable bonds is 2. The molecule has 0 radical (unpaired) electrons. The van der Waals surface area contributed by atoms with Gasteiger partial charge in [0.1, 0.15) is 0 Å². The Balaban J connectivity index is 1.25. The van der Waals surface area contributed by atoms with Gasteiger partial charge in [0.25, 0.3) is 0 Å². The second kappa shape index (κ2) is 6.96. The third-order valence-corrected chi connectivity index (χ3v) is 6.60. The van der Waals surface area contributed by atoms with Crippen molar-refractivity contribution in [2.75, 3.05) is 5.32 Å². The summed E-state index contributed by atoms with van der Waals surface area (Å²) in [5, 5.41) is 20.7. The van der Waals surface area contributed by atoms with Crippen LogP contribution in [-0.4, -0.2) is 20.4 Å². The predicted molar refractivity (Wildman–Crippen MR) is 136 cm³/mol. The van der Waals surface area contributed by atoms with Crippen LogP contribution < -0.4 is 10.1 Å². The molecule has 164 valence electrons. The maximum absolute atomic E-state index is 6.22. The van der Waals surface area contributed by atoms with Crippen LogP contribution in [0.5, 0.6) is 11.5 Å². The lowest BCUT2D eigenvalue weighted by Crippen LogP contribution is -2.03. The van der Waals surface area contributed by atoms with Crippen molar-refractivity contribution in [3.05, 3.63) is 84.2 Å². The highest BCUT2D eigenvalue weighted by atomic mass is 16.5. The van der Waals surface area contributed by atoms with Crippen LogP contribution in [0.15, 0.2) is 72.8 Å². The second-order valence-electron chi connectivity index (χ2n) is 8.81. The summed E-state index contributed by atoms with van der Waals surface area (Å²) in [6.07, 6.45) is 0. The van der Waals surface area contributed by atoms with Crippen molar-refractivity contribution in [2.45, 2.75) is 13.8 Å². The van der Waals surface area contributed by atoms with Gasteiger partial charge in [-0.3, -0.25) is 10.2 Å². The molecule has 0 aliphatic carbocycles. The van der Waals surface area contributed by atoms with E-state index in [1.54, 1.807) is 0 Å². The Morgan fingerprint density at radius 1 is 0.559 bits per heavy atom. The predicted octanol–water partition coefficient (Wildman–Crippen LogP) is 7.24. The lowest BCUT2D eigenvalue weighted by molar-refractivity contribution is 0.481.